The fourth-order valence-electron chi connectivity index (χ4n) is 2.93. The summed E-state index contributed by atoms with van der Waals surface area (Å²) < 4.78 is 18.4. The molecule has 0 aromatic heterocycles. The van der Waals surface area contributed by atoms with Crippen molar-refractivity contribution in [1.29, 1.82) is 0 Å². The van der Waals surface area contributed by atoms with Crippen molar-refractivity contribution in [3.8, 4) is 5.75 Å². The van der Waals surface area contributed by atoms with Gasteiger partial charge in [-0.05, 0) is 41.8 Å². The van der Waals surface area contributed by atoms with Crippen molar-refractivity contribution in [3.05, 3.63) is 65.5 Å². The van der Waals surface area contributed by atoms with Crippen LogP contribution in [0.4, 0.5) is 4.39 Å². The van der Waals surface area contributed by atoms with Crippen molar-refractivity contribution < 1.29 is 18.7 Å². The molecule has 0 aliphatic carbocycles. The Hall–Kier alpha value is -2.89. The molecule has 2 amide bonds. The van der Waals surface area contributed by atoms with Crippen molar-refractivity contribution in [2.45, 2.75) is 32.4 Å². The van der Waals surface area contributed by atoms with E-state index in [9.17, 15) is 14.0 Å². The van der Waals surface area contributed by atoms with E-state index in [-0.39, 0.29) is 30.6 Å². The van der Waals surface area contributed by atoms with Crippen molar-refractivity contribution in [3.63, 3.8) is 0 Å². The molecule has 0 bridgehead atoms. The number of ether oxygens (including phenoxy) is 1. The highest BCUT2D eigenvalue weighted by molar-refractivity contribution is 5.88. The first-order valence-corrected chi connectivity index (χ1v) is 8.87. The van der Waals surface area contributed by atoms with Crippen LogP contribution in [0.15, 0.2) is 48.5 Å². The van der Waals surface area contributed by atoms with Gasteiger partial charge >= 0.3 is 0 Å². The number of amides is 2. The second-order valence-corrected chi connectivity index (χ2v) is 6.21. The number of hydrogen-bond acceptors (Lipinski definition) is 3. The number of methoxy groups -OCH3 is 1. The normalized spacial score (nSPS) is 11.6. The van der Waals surface area contributed by atoms with Crippen LogP contribution in [0.1, 0.15) is 24.5 Å². The molecule has 2 aromatic rings. The summed E-state index contributed by atoms with van der Waals surface area (Å²) in [4.78, 5) is 26.9. The molecular formula is C21H25FN2O3. The average molecular weight is 372 g/mol. The van der Waals surface area contributed by atoms with Gasteiger partial charge in [0.05, 0.1) is 13.5 Å². The molecule has 6 heteroatoms. The second-order valence-electron chi connectivity index (χ2n) is 6.21. The van der Waals surface area contributed by atoms with Gasteiger partial charge < -0.3 is 15.0 Å². The lowest BCUT2D eigenvalue weighted by atomic mass is 10.1. The maximum Gasteiger partial charge on any atom is 0.242 e. The molecule has 144 valence electrons. The molecule has 27 heavy (non-hydrogen) atoms. The highest BCUT2D eigenvalue weighted by atomic mass is 19.1. The van der Waals surface area contributed by atoms with E-state index in [2.05, 4.69) is 5.32 Å². The Morgan fingerprint density at radius 2 is 1.85 bits per heavy atom. The Labute approximate surface area is 159 Å². The van der Waals surface area contributed by atoms with Crippen LogP contribution in [0.25, 0.3) is 0 Å². The van der Waals surface area contributed by atoms with Crippen LogP contribution in [0.2, 0.25) is 0 Å². The van der Waals surface area contributed by atoms with Crippen molar-refractivity contribution in [1.82, 2.24) is 10.2 Å². The van der Waals surface area contributed by atoms with Crippen molar-refractivity contribution >= 4 is 11.8 Å². The molecule has 0 fully saturated rings. The zero-order chi connectivity index (χ0) is 19.8. The van der Waals surface area contributed by atoms with Crippen LogP contribution in [-0.2, 0) is 22.6 Å². The van der Waals surface area contributed by atoms with Gasteiger partial charge in [-0.25, -0.2) is 4.39 Å². The number of nitrogens with zero attached hydrogens (tertiary/aromatic N) is 1. The van der Waals surface area contributed by atoms with Crippen molar-refractivity contribution in [2.24, 2.45) is 0 Å². The Balaban J connectivity index is 2.28. The van der Waals surface area contributed by atoms with E-state index in [0.717, 1.165) is 5.56 Å². The molecule has 0 aliphatic heterocycles. The first kappa shape index (κ1) is 20.4. The molecule has 0 saturated heterocycles. The summed E-state index contributed by atoms with van der Waals surface area (Å²) >= 11 is 0. The van der Waals surface area contributed by atoms with Crippen LogP contribution in [0, 0.1) is 5.82 Å². The van der Waals surface area contributed by atoms with Crippen LogP contribution >= 0.6 is 0 Å². The van der Waals surface area contributed by atoms with Gasteiger partial charge in [0.25, 0.3) is 0 Å². The van der Waals surface area contributed by atoms with Crippen LogP contribution in [-0.4, -0.2) is 36.9 Å². The van der Waals surface area contributed by atoms with Crippen molar-refractivity contribution in [2.75, 3.05) is 14.2 Å². The summed E-state index contributed by atoms with van der Waals surface area (Å²) in [7, 11) is 3.13. The Morgan fingerprint density at radius 1 is 1.15 bits per heavy atom. The number of rotatable bonds is 8. The molecule has 0 aliphatic rings. The highest BCUT2D eigenvalue weighted by Gasteiger charge is 2.28. The first-order chi connectivity index (χ1) is 13.0. The number of nitrogens with one attached hydrogen (secondary N) is 1. The minimum atomic E-state index is -0.589. The predicted octanol–water partition coefficient (Wildman–Crippen LogP) is 2.93. The molecule has 1 atom stereocenters. The standard InChI is InChI=1S/C21H25FN2O3/c1-4-19(21(26)23-2)24(14-16-6-5-7-18(12-16)27-3)20(25)13-15-8-10-17(22)11-9-15/h5-12,19H,4,13-14H2,1-3H3,(H,23,26). The molecular weight excluding hydrogens is 347 g/mol. The number of carbonyl (C=O) groups is 2. The first-order valence-electron chi connectivity index (χ1n) is 8.87. The number of likely N-dealkylation sites (N-methyl/N-ethyl adjacent to an activating group) is 1. The molecule has 1 unspecified atom stereocenters. The fourth-order valence-corrected chi connectivity index (χ4v) is 2.93. The van der Waals surface area contributed by atoms with Gasteiger partial charge in [-0.3, -0.25) is 9.59 Å². The molecule has 0 saturated carbocycles. The quantitative estimate of drug-likeness (QED) is 0.775. The lowest BCUT2D eigenvalue weighted by molar-refractivity contribution is -0.140. The van der Waals surface area contributed by atoms with E-state index >= 15 is 0 Å². The van der Waals surface area contributed by atoms with Gasteiger partial charge in [0.15, 0.2) is 0 Å². The highest BCUT2D eigenvalue weighted by Crippen LogP contribution is 2.18. The maximum atomic E-state index is 13.1. The van der Waals surface area contributed by atoms with E-state index in [4.69, 9.17) is 4.74 Å². The second kappa shape index (κ2) is 9.71. The van der Waals surface area contributed by atoms with Crippen LogP contribution in [0.3, 0.4) is 0 Å². The van der Waals surface area contributed by atoms with E-state index in [0.29, 0.717) is 17.7 Å². The largest absolute Gasteiger partial charge is 0.497 e. The number of benzene rings is 2. The number of hydrogen-bond donors (Lipinski definition) is 1. The summed E-state index contributed by atoms with van der Waals surface area (Å²) in [6.07, 6.45) is 0.580. The third-order valence-corrected chi connectivity index (χ3v) is 4.39. The van der Waals surface area contributed by atoms with Gasteiger partial charge in [-0.15, -0.1) is 0 Å². The van der Waals surface area contributed by atoms with Gasteiger partial charge in [0.2, 0.25) is 11.8 Å². The van der Waals surface area contributed by atoms with E-state index < -0.39 is 6.04 Å². The minimum absolute atomic E-state index is 0.0950. The summed E-state index contributed by atoms with van der Waals surface area (Å²) in [5.74, 6) is -0.0737. The molecule has 2 rings (SSSR count). The monoisotopic (exact) mass is 372 g/mol. The summed E-state index contributed by atoms with van der Waals surface area (Å²) in [6.45, 7) is 2.15. The smallest absolute Gasteiger partial charge is 0.242 e. The zero-order valence-electron chi connectivity index (χ0n) is 15.9. The summed E-state index contributed by atoms with van der Waals surface area (Å²) in [5, 5.41) is 2.62. The molecule has 5 nitrogen and oxygen atoms in total. The predicted molar refractivity (Wildman–Crippen MR) is 102 cm³/mol. The average Bonchev–Trinajstić information content (AvgIpc) is 2.69. The third-order valence-electron chi connectivity index (χ3n) is 4.39. The summed E-state index contributed by atoms with van der Waals surface area (Å²) in [5.41, 5.74) is 1.56. The number of halogens is 1. The lowest BCUT2D eigenvalue weighted by Gasteiger charge is -2.30. The molecule has 2 aromatic carbocycles. The molecule has 0 spiro atoms. The van der Waals surface area contributed by atoms with Gasteiger partial charge in [-0.1, -0.05) is 31.2 Å². The van der Waals surface area contributed by atoms with E-state index in [1.54, 1.807) is 31.2 Å². The SMILES string of the molecule is CCC(C(=O)NC)N(Cc1cccc(OC)c1)C(=O)Cc1ccc(F)cc1. The fraction of sp³-hybridized carbons (Fsp3) is 0.333. The van der Waals surface area contributed by atoms with Crippen LogP contribution < -0.4 is 10.1 Å². The van der Waals surface area contributed by atoms with Gasteiger partial charge in [0, 0.05) is 13.6 Å². The van der Waals surface area contributed by atoms with Gasteiger partial charge in [-0.2, -0.15) is 0 Å². The Kier molecular flexibility index (Phi) is 7.34. The molecule has 1 N–H and O–H groups in total. The lowest BCUT2D eigenvalue weighted by Crippen LogP contribution is -2.48. The van der Waals surface area contributed by atoms with Gasteiger partial charge in [0.1, 0.15) is 17.6 Å². The number of carbonyl (C=O) groups excluding carboxylic acids is 2. The summed E-state index contributed by atoms with van der Waals surface area (Å²) in [6, 6.07) is 12.6. The maximum absolute atomic E-state index is 13.1. The topological polar surface area (TPSA) is 58.6 Å². The van der Waals surface area contributed by atoms with Crippen LogP contribution in [0.5, 0.6) is 5.75 Å². The zero-order valence-corrected chi connectivity index (χ0v) is 15.9. The Bertz CT molecular complexity index is 777. The minimum Gasteiger partial charge on any atom is -0.497 e. The third kappa shape index (κ3) is 5.54. The Morgan fingerprint density at radius 3 is 2.44 bits per heavy atom. The molecule has 0 heterocycles. The van der Waals surface area contributed by atoms with E-state index in [1.165, 1.54) is 12.1 Å². The molecule has 0 radical (unpaired) electrons. The van der Waals surface area contributed by atoms with E-state index in [1.807, 2.05) is 31.2 Å².